The Kier molecular flexibility index (Phi) is 4.68. The monoisotopic (exact) mass is 362 g/mol. The molecule has 1 aliphatic rings. The van der Waals surface area contributed by atoms with Crippen molar-refractivity contribution in [2.24, 2.45) is 0 Å². The molecule has 0 radical (unpaired) electrons. The molecule has 138 valence electrons. The first-order chi connectivity index (χ1) is 13.1. The third-order valence-electron chi connectivity index (χ3n) is 4.84. The molecule has 0 atom stereocenters. The van der Waals surface area contributed by atoms with Gasteiger partial charge in [0.25, 0.3) is 5.91 Å². The van der Waals surface area contributed by atoms with Crippen molar-refractivity contribution in [3.63, 3.8) is 0 Å². The fraction of sp³-hybridized carbons (Fsp3) is 0.300. The Hall–Kier alpha value is -3.06. The lowest BCUT2D eigenvalue weighted by molar-refractivity contribution is 0.102. The lowest BCUT2D eigenvalue weighted by Gasteiger charge is -2.34. The smallest absolute Gasteiger partial charge is 0.275 e. The fourth-order valence-electron chi connectivity index (χ4n) is 3.20. The predicted molar refractivity (Wildman–Crippen MR) is 106 cm³/mol. The molecule has 0 unspecified atom stereocenters. The van der Waals surface area contributed by atoms with E-state index in [4.69, 9.17) is 0 Å². The molecule has 4 heterocycles. The molecule has 0 aromatic carbocycles. The van der Waals surface area contributed by atoms with Gasteiger partial charge in [0.2, 0.25) is 0 Å². The largest absolute Gasteiger partial charge is 0.354 e. The molecule has 0 spiro atoms. The summed E-state index contributed by atoms with van der Waals surface area (Å²) in [5.74, 6) is 1.20. The molecular weight excluding hydrogens is 340 g/mol. The number of aromatic nitrogens is 3. The van der Waals surface area contributed by atoms with Gasteiger partial charge in [0.15, 0.2) is 0 Å². The molecule has 1 fully saturated rings. The summed E-state index contributed by atoms with van der Waals surface area (Å²) in [5, 5.41) is 3.78. The third kappa shape index (κ3) is 3.73. The van der Waals surface area contributed by atoms with Crippen LogP contribution in [0.1, 0.15) is 16.1 Å². The maximum absolute atomic E-state index is 12.6. The van der Waals surface area contributed by atoms with Gasteiger partial charge in [-0.25, -0.2) is 9.97 Å². The van der Waals surface area contributed by atoms with Crippen LogP contribution in [-0.4, -0.2) is 59.0 Å². The molecule has 0 bridgehead atoms. The van der Waals surface area contributed by atoms with E-state index in [1.54, 1.807) is 24.5 Å². The van der Waals surface area contributed by atoms with Gasteiger partial charge in [0.05, 0.1) is 5.52 Å². The van der Waals surface area contributed by atoms with Gasteiger partial charge in [-0.15, -0.1) is 0 Å². The second kappa shape index (κ2) is 7.28. The van der Waals surface area contributed by atoms with Crippen LogP contribution >= 0.6 is 0 Å². The van der Waals surface area contributed by atoms with Gasteiger partial charge >= 0.3 is 0 Å². The molecule has 1 aliphatic heterocycles. The number of rotatable bonds is 3. The summed E-state index contributed by atoms with van der Waals surface area (Å²) in [7, 11) is 2.13. The quantitative estimate of drug-likeness (QED) is 0.771. The van der Waals surface area contributed by atoms with Crippen molar-refractivity contribution < 1.29 is 4.79 Å². The molecule has 3 aromatic rings. The van der Waals surface area contributed by atoms with E-state index in [0.717, 1.165) is 48.5 Å². The van der Waals surface area contributed by atoms with Gasteiger partial charge in [0, 0.05) is 44.0 Å². The van der Waals surface area contributed by atoms with Crippen molar-refractivity contribution in [2.75, 3.05) is 43.4 Å². The first-order valence-electron chi connectivity index (χ1n) is 9.03. The van der Waals surface area contributed by atoms with E-state index >= 15 is 0 Å². The number of nitrogens with zero attached hydrogens (tertiary/aromatic N) is 5. The number of carbonyl (C=O) groups is 1. The average molecular weight is 362 g/mol. The molecular formula is C20H22N6O. The van der Waals surface area contributed by atoms with Crippen molar-refractivity contribution in [3.8, 4) is 0 Å². The van der Waals surface area contributed by atoms with Crippen LogP contribution in [0.4, 0.5) is 11.6 Å². The van der Waals surface area contributed by atoms with E-state index in [1.165, 1.54) is 0 Å². The number of hydrogen-bond acceptors (Lipinski definition) is 6. The van der Waals surface area contributed by atoms with Crippen LogP contribution in [0, 0.1) is 6.92 Å². The summed E-state index contributed by atoms with van der Waals surface area (Å²) >= 11 is 0. The van der Waals surface area contributed by atoms with Crippen LogP contribution in [0.2, 0.25) is 0 Å². The van der Waals surface area contributed by atoms with Crippen LogP contribution in [0.15, 0.2) is 42.7 Å². The zero-order valence-corrected chi connectivity index (χ0v) is 15.5. The van der Waals surface area contributed by atoms with Gasteiger partial charge < -0.3 is 15.1 Å². The van der Waals surface area contributed by atoms with E-state index in [-0.39, 0.29) is 5.91 Å². The summed E-state index contributed by atoms with van der Waals surface area (Å²) in [6, 6.07) is 9.17. The molecule has 1 N–H and O–H groups in total. The summed E-state index contributed by atoms with van der Waals surface area (Å²) < 4.78 is 0. The summed E-state index contributed by atoms with van der Waals surface area (Å²) in [6.45, 7) is 5.93. The van der Waals surface area contributed by atoms with Gasteiger partial charge in [-0.05, 0) is 43.8 Å². The number of fused-ring (bicyclic) bond motifs is 1. The number of pyridine rings is 3. The standard InChI is InChI=1S/C20H22N6O/c1-14-3-6-18(23-19(14)26-11-9-25(2)10-12-26)24-20(27)17-5-4-15-13-21-8-7-16(15)22-17/h3-8,13H,9-12H2,1-2H3,(H,23,24,27). The second-order valence-corrected chi connectivity index (χ2v) is 6.85. The molecule has 7 heteroatoms. The first-order valence-corrected chi connectivity index (χ1v) is 9.03. The van der Waals surface area contributed by atoms with Crippen LogP contribution in [0.3, 0.4) is 0 Å². The van der Waals surface area contributed by atoms with Crippen molar-refractivity contribution >= 4 is 28.4 Å². The SMILES string of the molecule is Cc1ccc(NC(=O)c2ccc3cnccc3n2)nc1N1CCN(C)CC1. The lowest BCUT2D eigenvalue weighted by Crippen LogP contribution is -2.45. The van der Waals surface area contributed by atoms with Gasteiger partial charge in [-0.1, -0.05) is 6.07 Å². The Morgan fingerprint density at radius 1 is 1.04 bits per heavy atom. The maximum atomic E-state index is 12.6. The average Bonchev–Trinajstić information content (AvgIpc) is 2.70. The Morgan fingerprint density at radius 3 is 2.67 bits per heavy atom. The number of piperazine rings is 1. The Bertz CT molecular complexity index is 981. The maximum Gasteiger partial charge on any atom is 0.275 e. The molecule has 1 saturated heterocycles. The van der Waals surface area contributed by atoms with E-state index in [2.05, 4.69) is 37.1 Å². The number of likely N-dealkylation sites (N-methyl/N-ethyl adjacent to an activating group) is 1. The molecule has 7 nitrogen and oxygen atoms in total. The number of anilines is 2. The Balaban J connectivity index is 1.54. The van der Waals surface area contributed by atoms with Crippen LogP contribution in [0.5, 0.6) is 0 Å². The van der Waals surface area contributed by atoms with Gasteiger partial charge in [0.1, 0.15) is 17.3 Å². The van der Waals surface area contributed by atoms with Crippen molar-refractivity contribution in [3.05, 3.63) is 54.0 Å². The number of nitrogens with one attached hydrogen (secondary N) is 1. The van der Waals surface area contributed by atoms with Gasteiger partial charge in [-0.3, -0.25) is 9.78 Å². The summed E-state index contributed by atoms with van der Waals surface area (Å²) in [5.41, 5.74) is 2.21. The van der Waals surface area contributed by atoms with Gasteiger partial charge in [-0.2, -0.15) is 0 Å². The normalized spacial score (nSPS) is 15.1. The molecule has 4 rings (SSSR count). The molecule has 27 heavy (non-hydrogen) atoms. The topological polar surface area (TPSA) is 74.2 Å². The highest BCUT2D eigenvalue weighted by molar-refractivity contribution is 6.03. The fourth-order valence-corrected chi connectivity index (χ4v) is 3.20. The minimum atomic E-state index is -0.269. The highest BCUT2D eigenvalue weighted by Crippen LogP contribution is 2.21. The molecule has 1 amide bonds. The minimum absolute atomic E-state index is 0.269. The molecule has 3 aromatic heterocycles. The third-order valence-corrected chi connectivity index (χ3v) is 4.84. The highest BCUT2D eigenvalue weighted by Gasteiger charge is 2.18. The summed E-state index contributed by atoms with van der Waals surface area (Å²) in [6.07, 6.45) is 3.40. The van der Waals surface area contributed by atoms with Crippen molar-refractivity contribution in [2.45, 2.75) is 6.92 Å². The zero-order valence-electron chi connectivity index (χ0n) is 15.5. The Labute approximate surface area is 158 Å². The van der Waals surface area contributed by atoms with Crippen LogP contribution < -0.4 is 10.2 Å². The second-order valence-electron chi connectivity index (χ2n) is 6.85. The highest BCUT2D eigenvalue weighted by atomic mass is 16.1. The lowest BCUT2D eigenvalue weighted by atomic mass is 10.2. The molecule has 0 aliphatic carbocycles. The van der Waals surface area contributed by atoms with E-state index < -0.39 is 0 Å². The van der Waals surface area contributed by atoms with E-state index in [1.807, 2.05) is 25.1 Å². The van der Waals surface area contributed by atoms with E-state index in [9.17, 15) is 4.79 Å². The van der Waals surface area contributed by atoms with Crippen molar-refractivity contribution in [1.29, 1.82) is 0 Å². The number of aryl methyl sites for hydroxylation is 1. The molecule has 0 saturated carbocycles. The van der Waals surface area contributed by atoms with Crippen LogP contribution in [-0.2, 0) is 0 Å². The summed E-state index contributed by atoms with van der Waals surface area (Å²) in [4.78, 5) is 30.4. The van der Waals surface area contributed by atoms with E-state index in [0.29, 0.717) is 11.5 Å². The zero-order chi connectivity index (χ0) is 18.8. The number of amides is 1. The van der Waals surface area contributed by atoms with Crippen molar-refractivity contribution in [1.82, 2.24) is 19.9 Å². The number of hydrogen-bond donors (Lipinski definition) is 1. The van der Waals surface area contributed by atoms with Crippen LogP contribution in [0.25, 0.3) is 10.9 Å². The Morgan fingerprint density at radius 2 is 1.85 bits per heavy atom. The minimum Gasteiger partial charge on any atom is -0.354 e. The number of carbonyl (C=O) groups excluding carboxylic acids is 1. The first kappa shape index (κ1) is 17.4. The predicted octanol–water partition coefficient (Wildman–Crippen LogP) is 2.34.